The van der Waals surface area contributed by atoms with Crippen molar-refractivity contribution >= 4 is 34.1 Å². The van der Waals surface area contributed by atoms with E-state index in [2.05, 4.69) is 10.3 Å². The third-order valence-corrected chi connectivity index (χ3v) is 3.25. The van der Waals surface area contributed by atoms with Crippen LogP contribution in [0.4, 0.5) is 5.69 Å². The average Bonchev–Trinajstić information content (AvgIpc) is 2.82. The molecule has 20 heavy (non-hydrogen) atoms. The van der Waals surface area contributed by atoms with Crippen molar-refractivity contribution in [2.24, 2.45) is 0 Å². The number of nitrogens with zero attached hydrogens (tertiary/aromatic N) is 2. The van der Waals surface area contributed by atoms with Gasteiger partial charge in [0, 0.05) is 34.8 Å². The van der Waals surface area contributed by atoms with Gasteiger partial charge in [0.05, 0.1) is 0 Å². The van der Waals surface area contributed by atoms with Crippen molar-refractivity contribution in [3.8, 4) is 0 Å². The summed E-state index contributed by atoms with van der Waals surface area (Å²) in [5, 5.41) is 4.55. The molecule has 0 spiro atoms. The molecule has 1 amide bonds. The van der Waals surface area contributed by atoms with Crippen molar-refractivity contribution in [3.63, 3.8) is 0 Å². The summed E-state index contributed by atoms with van der Waals surface area (Å²) in [5.74, 6) is -0.0892. The van der Waals surface area contributed by atoms with Crippen LogP contribution in [-0.4, -0.2) is 15.5 Å². The molecule has 0 fully saturated rings. The molecule has 0 saturated carbocycles. The second-order valence-corrected chi connectivity index (χ2v) is 4.87. The Morgan fingerprint density at radius 2 is 2.00 bits per heavy atom. The molecule has 1 N–H and O–H groups in total. The SMILES string of the molecule is O=C(Cn1ccc2ccc(Cl)cc21)Nc1ccncc1. The summed E-state index contributed by atoms with van der Waals surface area (Å²) in [6.45, 7) is 0.242. The molecule has 0 atom stereocenters. The van der Waals surface area contributed by atoms with Crippen LogP contribution in [0, 0.1) is 0 Å². The minimum atomic E-state index is -0.0892. The highest BCUT2D eigenvalue weighted by atomic mass is 35.5. The quantitative estimate of drug-likeness (QED) is 0.802. The number of hydrogen-bond donors (Lipinski definition) is 1. The van der Waals surface area contributed by atoms with Crippen molar-refractivity contribution in [2.45, 2.75) is 6.54 Å². The number of rotatable bonds is 3. The summed E-state index contributed by atoms with van der Waals surface area (Å²) < 4.78 is 1.87. The summed E-state index contributed by atoms with van der Waals surface area (Å²) in [6, 6.07) is 11.1. The molecule has 0 aliphatic carbocycles. The Labute approximate surface area is 121 Å². The molecule has 0 aliphatic rings. The smallest absolute Gasteiger partial charge is 0.244 e. The van der Waals surface area contributed by atoms with Crippen molar-refractivity contribution in [1.82, 2.24) is 9.55 Å². The molecule has 2 aromatic heterocycles. The molecule has 100 valence electrons. The first-order chi connectivity index (χ1) is 9.72. The molecule has 2 heterocycles. The predicted molar refractivity (Wildman–Crippen MR) is 79.8 cm³/mol. The van der Waals surface area contributed by atoms with E-state index in [9.17, 15) is 4.79 Å². The van der Waals surface area contributed by atoms with Gasteiger partial charge in [-0.25, -0.2) is 0 Å². The van der Waals surface area contributed by atoms with Crippen LogP contribution in [0.2, 0.25) is 5.02 Å². The number of pyridine rings is 1. The normalized spacial score (nSPS) is 10.7. The summed E-state index contributed by atoms with van der Waals surface area (Å²) in [5.41, 5.74) is 1.68. The average molecular weight is 286 g/mol. The standard InChI is InChI=1S/C15H12ClN3O/c16-12-2-1-11-5-8-19(14(11)9-12)10-15(20)18-13-3-6-17-7-4-13/h1-9H,10H2,(H,17,18,20). The van der Waals surface area contributed by atoms with E-state index in [0.717, 1.165) is 16.6 Å². The Morgan fingerprint density at radius 1 is 1.20 bits per heavy atom. The van der Waals surface area contributed by atoms with Crippen LogP contribution < -0.4 is 5.32 Å². The minimum Gasteiger partial charge on any atom is -0.338 e. The highest BCUT2D eigenvalue weighted by molar-refractivity contribution is 6.31. The van der Waals surface area contributed by atoms with E-state index in [0.29, 0.717) is 5.02 Å². The molecule has 5 heteroatoms. The largest absolute Gasteiger partial charge is 0.338 e. The number of halogens is 1. The number of carbonyl (C=O) groups is 1. The lowest BCUT2D eigenvalue weighted by molar-refractivity contribution is -0.116. The molecule has 3 aromatic rings. The van der Waals surface area contributed by atoms with Gasteiger partial charge in [0.1, 0.15) is 6.54 Å². The zero-order valence-electron chi connectivity index (χ0n) is 10.6. The number of hydrogen-bond acceptors (Lipinski definition) is 2. The Kier molecular flexibility index (Phi) is 3.39. The Balaban J connectivity index is 1.79. The van der Waals surface area contributed by atoms with Gasteiger partial charge in [0.2, 0.25) is 5.91 Å². The van der Waals surface area contributed by atoms with Crippen LogP contribution >= 0.6 is 11.6 Å². The van der Waals surface area contributed by atoms with Gasteiger partial charge >= 0.3 is 0 Å². The highest BCUT2D eigenvalue weighted by Crippen LogP contribution is 2.20. The number of fused-ring (bicyclic) bond motifs is 1. The minimum absolute atomic E-state index is 0.0892. The molecule has 3 rings (SSSR count). The number of carbonyl (C=O) groups excluding carboxylic acids is 1. The molecule has 0 radical (unpaired) electrons. The Morgan fingerprint density at radius 3 is 2.80 bits per heavy atom. The van der Waals surface area contributed by atoms with E-state index in [-0.39, 0.29) is 12.5 Å². The number of nitrogens with one attached hydrogen (secondary N) is 1. The lowest BCUT2D eigenvalue weighted by Crippen LogP contribution is -2.18. The fourth-order valence-electron chi connectivity index (χ4n) is 2.09. The number of anilines is 1. The third-order valence-electron chi connectivity index (χ3n) is 3.01. The Hall–Kier alpha value is -2.33. The topological polar surface area (TPSA) is 46.9 Å². The van der Waals surface area contributed by atoms with Gasteiger partial charge in [0.15, 0.2) is 0 Å². The monoisotopic (exact) mass is 285 g/mol. The fraction of sp³-hybridized carbons (Fsp3) is 0.0667. The van der Waals surface area contributed by atoms with Crippen molar-refractivity contribution in [1.29, 1.82) is 0 Å². The fourth-order valence-corrected chi connectivity index (χ4v) is 2.25. The zero-order chi connectivity index (χ0) is 13.9. The van der Waals surface area contributed by atoms with Crippen LogP contribution in [-0.2, 0) is 11.3 Å². The first kappa shape index (κ1) is 12.7. The van der Waals surface area contributed by atoms with Crippen molar-refractivity contribution in [2.75, 3.05) is 5.32 Å². The van der Waals surface area contributed by atoms with Gasteiger partial charge in [-0.05, 0) is 35.7 Å². The van der Waals surface area contributed by atoms with Gasteiger partial charge in [-0.2, -0.15) is 0 Å². The number of benzene rings is 1. The first-order valence-corrected chi connectivity index (χ1v) is 6.54. The molecular weight excluding hydrogens is 274 g/mol. The van der Waals surface area contributed by atoms with Crippen molar-refractivity contribution in [3.05, 3.63) is 60.0 Å². The zero-order valence-corrected chi connectivity index (χ0v) is 11.3. The summed E-state index contributed by atoms with van der Waals surface area (Å²) >= 11 is 5.99. The molecule has 0 aliphatic heterocycles. The van der Waals surface area contributed by atoms with Gasteiger partial charge < -0.3 is 9.88 Å². The van der Waals surface area contributed by atoms with Crippen molar-refractivity contribution < 1.29 is 4.79 Å². The summed E-state index contributed by atoms with van der Waals surface area (Å²) in [4.78, 5) is 15.9. The summed E-state index contributed by atoms with van der Waals surface area (Å²) in [6.07, 6.45) is 5.16. The van der Waals surface area contributed by atoms with Crippen LogP contribution in [0.5, 0.6) is 0 Å². The van der Waals surface area contributed by atoms with Gasteiger partial charge in [-0.1, -0.05) is 17.7 Å². The van der Waals surface area contributed by atoms with Crippen LogP contribution in [0.15, 0.2) is 55.0 Å². The van der Waals surface area contributed by atoms with Gasteiger partial charge in [-0.15, -0.1) is 0 Å². The molecule has 0 saturated heterocycles. The molecule has 1 aromatic carbocycles. The third kappa shape index (κ3) is 2.65. The second kappa shape index (κ2) is 5.35. The van der Waals surface area contributed by atoms with Crippen LogP contribution in [0.25, 0.3) is 10.9 Å². The van der Waals surface area contributed by atoms with E-state index < -0.39 is 0 Å². The van der Waals surface area contributed by atoms with Crippen LogP contribution in [0.3, 0.4) is 0 Å². The first-order valence-electron chi connectivity index (χ1n) is 6.17. The summed E-state index contributed by atoms with van der Waals surface area (Å²) in [7, 11) is 0. The van der Waals surface area contributed by atoms with E-state index in [1.165, 1.54) is 0 Å². The van der Waals surface area contributed by atoms with E-state index in [1.807, 2.05) is 35.0 Å². The molecule has 4 nitrogen and oxygen atoms in total. The van der Waals surface area contributed by atoms with E-state index >= 15 is 0 Å². The van der Waals surface area contributed by atoms with Gasteiger partial charge in [0.25, 0.3) is 0 Å². The van der Waals surface area contributed by atoms with E-state index in [1.54, 1.807) is 24.5 Å². The molecular formula is C15H12ClN3O. The molecule has 0 unspecified atom stereocenters. The van der Waals surface area contributed by atoms with Gasteiger partial charge in [-0.3, -0.25) is 9.78 Å². The number of amides is 1. The maximum absolute atomic E-state index is 12.0. The van der Waals surface area contributed by atoms with Crippen LogP contribution in [0.1, 0.15) is 0 Å². The highest BCUT2D eigenvalue weighted by Gasteiger charge is 2.07. The molecule has 0 bridgehead atoms. The predicted octanol–water partition coefficient (Wildman–Crippen LogP) is 3.33. The lowest BCUT2D eigenvalue weighted by Gasteiger charge is -2.07. The number of aromatic nitrogens is 2. The maximum atomic E-state index is 12.0. The van der Waals surface area contributed by atoms with E-state index in [4.69, 9.17) is 11.6 Å². The Bertz CT molecular complexity index is 752. The lowest BCUT2D eigenvalue weighted by atomic mass is 10.2. The second-order valence-electron chi connectivity index (χ2n) is 4.43. The maximum Gasteiger partial charge on any atom is 0.244 e.